The van der Waals surface area contributed by atoms with Gasteiger partial charge in [-0.05, 0) is 104 Å². The highest BCUT2D eigenvalue weighted by molar-refractivity contribution is 5.82. The molecule has 0 saturated heterocycles. The van der Waals surface area contributed by atoms with Gasteiger partial charge in [-0.3, -0.25) is 14.4 Å². The van der Waals surface area contributed by atoms with Gasteiger partial charge in [0.05, 0.1) is 38.3 Å². The van der Waals surface area contributed by atoms with E-state index in [0.717, 1.165) is 96.3 Å². The van der Waals surface area contributed by atoms with E-state index in [-0.39, 0.29) is 49.8 Å². The molecule has 382 valence electrons. The van der Waals surface area contributed by atoms with Gasteiger partial charge in [0.2, 0.25) is 0 Å². The molecule has 1 amide bonds. The summed E-state index contributed by atoms with van der Waals surface area (Å²) in [7, 11) is 0. The number of carbonyl (C=O) groups is 5. The van der Waals surface area contributed by atoms with Gasteiger partial charge in [0.25, 0.3) is 0 Å². The SMILES string of the molecule is CCCCCCCCC(CCCCCC)C(=O)OCCCCCCOC(=O)CC[C@H](NC(=O)OC(C)(C)C)C(=O)OCCCCCCOC(=O)C(CCCCCC)CCCCCCCC. The fraction of sp³-hybridized carbons (Fsp3) is 0.907. The largest absolute Gasteiger partial charge is 0.466 e. The number of unbranched alkanes of at least 4 members (excludes halogenated alkanes) is 22. The lowest BCUT2D eigenvalue weighted by molar-refractivity contribution is -0.150. The van der Waals surface area contributed by atoms with Crippen LogP contribution in [0.4, 0.5) is 4.79 Å². The summed E-state index contributed by atoms with van der Waals surface area (Å²) in [5.74, 6) is -1.19. The Morgan fingerprint density at radius 1 is 0.385 bits per heavy atom. The Balaban J connectivity index is 4.60. The first-order valence-corrected chi connectivity index (χ1v) is 27.0. The minimum atomic E-state index is -1.06. The van der Waals surface area contributed by atoms with Gasteiger partial charge in [-0.25, -0.2) is 9.59 Å². The maximum absolute atomic E-state index is 13.1. The van der Waals surface area contributed by atoms with Crippen LogP contribution < -0.4 is 5.32 Å². The van der Waals surface area contributed by atoms with Crippen LogP contribution in [0.1, 0.15) is 267 Å². The van der Waals surface area contributed by atoms with Crippen LogP contribution in [0.25, 0.3) is 0 Å². The average molecular weight is 924 g/mol. The van der Waals surface area contributed by atoms with Crippen LogP contribution in [0.5, 0.6) is 0 Å². The molecule has 0 heterocycles. The summed E-state index contributed by atoms with van der Waals surface area (Å²) in [6.07, 6.45) is 32.8. The van der Waals surface area contributed by atoms with Gasteiger partial charge in [-0.2, -0.15) is 0 Å². The summed E-state index contributed by atoms with van der Waals surface area (Å²) in [5.41, 5.74) is -0.763. The first kappa shape index (κ1) is 62.1. The molecule has 3 atom stereocenters. The predicted molar refractivity (Wildman–Crippen MR) is 264 cm³/mol. The summed E-state index contributed by atoms with van der Waals surface area (Å²) >= 11 is 0. The highest BCUT2D eigenvalue weighted by Gasteiger charge is 2.27. The van der Waals surface area contributed by atoms with Gasteiger partial charge in [0.15, 0.2) is 0 Å². The lowest BCUT2D eigenvalue weighted by Gasteiger charge is -2.23. The molecule has 11 heteroatoms. The monoisotopic (exact) mass is 924 g/mol. The third-order valence-electron chi connectivity index (χ3n) is 12.0. The van der Waals surface area contributed by atoms with Gasteiger partial charge < -0.3 is 29.0 Å². The lowest BCUT2D eigenvalue weighted by atomic mass is 9.94. The number of amides is 1. The Morgan fingerprint density at radius 3 is 1.06 bits per heavy atom. The molecule has 0 saturated carbocycles. The molecule has 0 fully saturated rings. The van der Waals surface area contributed by atoms with Gasteiger partial charge in [0.1, 0.15) is 11.6 Å². The van der Waals surface area contributed by atoms with Crippen molar-refractivity contribution < 1.29 is 47.7 Å². The van der Waals surface area contributed by atoms with Crippen LogP contribution in [0.2, 0.25) is 0 Å². The summed E-state index contributed by atoms with van der Waals surface area (Å²) in [6, 6.07) is -1.06. The van der Waals surface area contributed by atoms with Gasteiger partial charge in [-0.15, -0.1) is 0 Å². The lowest BCUT2D eigenvalue weighted by Crippen LogP contribution is -2.44. The van der Waals surface area contributed by atoms with Gasteiger partial charge >= 0.3 is 30.0 Å². The number of esters is 4. The van der Waals surface area contributed by atoms with Crippen molar-refractivity contribution in [2.45, 2.75) is 278 Å². The maximum Gasteiger partial charge on any atom is 0.408 e. The number of hydrogen-bond donors (Lipinski definition) is 1. The highest BCUT2D eigenvalue weighted by Crippen LogP contribution is 2.22. The minimum absolute atomic E-state index is 0.00113. The van der Waals surface area contributed by atoms with Crippen LogP contribution in [0.15, 0.2) is 0 Å². The minimum Gasteiger partial charge on any atom is -0.466 e. The Bertz CT molecular complexity index is 1170. The summed E-state index contributed by atoms with van der Waals surface area (Å²) < 4.78 is 27.8. The second kappa shape index (κ2) is 43.7. The zero-order valence-corrected chi connectivity index (χ0v) is 43.2. The quantitative estimate of drug-likeness (QED) is 0.0356. The molecular weight excluding hydrogens is 823 g/mol. The Morgan fingerprint density at radius 2 is 0.692 bits per heavy atom. The molecule has 0 aliphatic rings. The van der Waals surface area contributed by atoms with Crippen LogP contribution in [-0.2, 0) is 42.9 Å². The van der Waals surface area contributed by atoms with E-state index in [1.807, 2.05) is 0 Å². The highest BCUT2D eigenvalue weighted by atomic mass is 16.6. The summed E-state index contributed by atoms with van der Waals surface area (Å²) in [5, 5.41) is 2.58. The maximum atomic E-state index is 13.1. The molecule has 0 bridgehead atoms. The third kappa shape index (κ3) is 40.0. The smallest absolute Gasteiger partial charge is 0.408 e. The van der Waals surface area contributed by atoms with E-state index >= 15 is 0 Å². The van der Waals surface area contributed by atoms with Crippen molar-refractivity contribution in [2.75, 3.05) is 26.4 Å². The molecule has 65 heavy (non-hydrogen) atoms. The predicted octanol–water partition coefficient (Wildman–Crippen LogP) is 14.6. The fourth-order valence-corrected chi connectivity index (χ4v) is 7.93. The number of carbonyl (C=O) groups excluding carboxylic acids is 5. The van der Waals surface area contributed by atoms with Gasteiger partial charge in [0, 0.05) is 6.42 Å². The molecule has 11 nitrogen and oxygen atoms in total. The van der Waals surface area contributed by atoms with E-state index in [2.05, 4.69) is 33.0 Å². The number of ether oxygens (including phenoxy) is 5. The van der Waals surface area contributed by atoms with Crippen LogP contribution in [-0.4, -0.2) is 68.0 Å². The van der Waals surface area contributed by atoms with Crippen molar-refractivity contribution in [2.24, 2.45) is 11.8 Å². The van der Waals surface area contributed by atoms with Crippen molar-refractivity contribution >= 4 is 30.0 Å². The Labute approximate surface area is 398 Å². The zero-order chi connectivity index (χ0) is 48.2. The molecule has 0 aromatic carbocycles. The van der Waals surface area contributed by atoms with Crippen LogP contribution >= 0.6 is 0 Å². The normalized spacial score (nSPS) is 12.8. The topological polar surface area (TPSA) is 144 Å². The number of nitrogens with one attached hydrogen (secondary N) is 1. The molecule has 0 aliphatic carbocycles. The third-order valence-corrected chi connectivity index (χ3v) is 12.0. The van der Waals surface area contributed by atoms with Crippen molar-refractivity contribution in [3.05, 3.63) is 0 Å². The van der Waals surface area contributed by atoms with E-state index in [4.69, 9.17) is 23.7 Å². The second-order valence-electron chi connectivity index (χ2n) is 19.5. The molecule has 0 spiro atoms. The molecule has 1 N–H and O–H groups in total. The number of rotatable bonds is 45. The molecule has 0 aromatic rings. The Kier molecular flexibility index (Phi) is 41.8. The Hall–Kier alpha value is -2.85. The standard InChI is InChI=1S/C54H101NO10/c1-8-12-16-20-22-30-38-46(36-28-18-14-10-3)50(57)62-43-33-25-24-32-42-61-49(56)41-40-48(55-53(60)65-54(5,6)7)52(59)64-45-35-27-26-34-44-63-51(58)47(37-29-19-15-11-4)39-31-23-21-17-13-9-2/h46-48H,8-45H2,1-7H3,(H,55,60)/t46?,47?,48-/m0/s1. The number of hydrogen-bond acceptors (Lipinski definition) is 10. The molecule has 0 rings (SSSR count). The van der Waals surface area contributed by atoms with Crippen molar-refractivity contribution in [3.63, 3.8) is 0 Å². The first-order chi connectivity index (χ1) is 31.4. The molecule has 0 aliphatic heterocycles. The van der Waals surface area contributed by atoms with Crippen LogP contribution in [0.3, 0.4) is 0 Å². The van der Waals surface area contributed by atoms with Crippen molar-refractivity contribution in [1.29, 1.82) is 0 Å². The van der Waals surface area contributed by atoms with Crippen molar-refractivity contribution in [3.8, 4) is 0 Å². The fourth-order valence-electron chi connectivity index (χ4n) is 7.93. The van der Waals surface area contributed by atoms with E-state index in [1.165, 1.54) is 96.3 Å². The molecule has 2 unspecified atom stereocenters. The molecular formula is C54H101NO10. The average Bonchev–Trinajstić information content (AvgIpc) is 3.26. The number of alkyl carbamates (subject to hydrolysis) is 1. The summed E-state index contributed by atoms with van der Waals surface area (Å²) in [6.45, 7) is 15.3. The first-order valence-electron chi connectivity index (χ1n) is 27.0. The van der Waals surface area contributed by atoms with E-state index in [9.17, 15) is 24.0 Å². The molecule has 0 aromatic heterocycles. The summed E-state index contributed by atoms with van der Waals surface area (Å²) in [4.78, 5) is 64.2. The van der Waals surface area contributed by atoms with E-state index in [0.29, 0.717) is 26.1 Å². The molecule has 0 radical (unpaired) electrons. The van der Waals surface area contributed by atoms with E-state index in [1.54, 1.807) is 20.8 Å². The zero-order valence-electron chi connectivity index (χ0n) is 43.2. The van der Waals surface area contributed by atoms with E-state index < -0.39 is 29.7 Å². The van der Waals surface area contributed by atoms with Gasteiger partial charge in [-0.1, -0.05) is 156 Å². The van der Waals surface area contributed by atoms with Crippen LogP contribution in [0, 0.1) is 11.8 Å². The second-order valence-corrected chi connectivity index (χ2v) is 19.5. The van der Waals surface area contributed by atoms with Crippen molar-refractivity contribution in [1.82, 2.24) is 5.32 Å².